The smallest absolute Gasteiger partial charge is 0.317 e. The zero-order valence-electron chi connectivity index (χ0n) is 11.8. The van der Waals surface area contributed by atoms with Gasteiger partial charge in [-0.1, -0.05) is 6.92 Å². The molecule has 2 fully saturated rings. The summed E-state index contributed by atoms with van der Waals surface area (Å²) in [5, 5.41) is 3.04. The first-order valence-corrected chi connectivity index (χ1v) is 7.28. The molecule has 1 N–H and O–H groups in total. The molecule has 20 heavy (non-hydrogen) atoms. The fourth-order valence-corrected chi connectivity index (χ4v) is 2.61. The van der Waals surface area contributed by atoms with Crippen LogP contribution in [0.4, 0.5) is 10.6 Å². The second-order valence-corrected chi connectivity index (χ2v) is 5.70. The fraction of sp³-hybridized carbons (Fsp3) is 0.643. The summed E-state index contributed by atoms with van der Waals surface area (Å²) in [5.74, 6) is 2.36. The summed E-state index contributed by atoms with van der Waals surface area (Å²) < 4.78 is 0. The molecule has 1 saturated carbocycles. The topological polar surface area (TPSA) is 61.4 Å². The average Bonchev–Trinajstić information content (AvgIpc) is 3.21. The molecular weight excluding hydrogens is 254 g/mol. The van der Waals surface area contributed by atoms with E-state index < -0.39 is 0 Å². The van der Waals surface area contributed by atoms with Crippen molar-refractivity contribution in [2.24, 2.45) is 11.8 Å². The minimum atomic E-state index is 0.0721. The highest BCUT2D eigenvalue weighted by Crippen LogP contribution is 2.36. The van der Waals surface area contributed by atoms with Crippen molar-refractivity contribution in [2.75, 3.05) is 37.6 Å². The van der Waals surface area contributed by atoms with Crippen LogP contribution in [0.5, 0.6) is 0 Å². The lowest BCUT2D eigenvalue weighted by Crippen LogP contribution is -2.52. The van der Waals surface area contributed by atoms with Gasteiger partial charge in [0.25, 0.3) is 0 Å². The lowest BCUT2D eigenvalue weighted by molar-refractivity contribution is 0.193. The van der Waals surface area contributed by atoms with Crippen LogP contribution in [0.3, 0.4) is 0 Å². The summed E-state index contributed by atoms with van der Waals surface area (Å²) >= 11 is 0. The molecule has 0 radical (unpaired) electrons. The highest BCUT2D eigenvalue weighted by Gasteiger charge is 2.33. The van der Waals surface area contributed by atoms with Crippen LogP contribution in [-0.2, 0) is 0 Å². The first-order valence-electron chi connectivity index (χ1n) is 7.28. The molecule has 2 atom stereocenters. The molecule has 2 unspecified atom stereocenters. The molecule has 1 aromatic rings. The maximum Gasteiger partial charge on any atom is 0.317 e. The Morgan fingerprint density at radius 1 is 1.35 bits per heavy atom. The number of rotatable bonds is 3. The molecule has 108 valence electrons. The predicted octanol–water partition coefficient (Wildman–Crippen LogP) is 0.964. The van der Waals surface area contributed by atoms with Crippen molar-refractivity contribution >= 4 is 11.8 Å². The minimum Gasteiger partial charge on any atom is -0.352 e. The van der Waals surface area contributed by atoms with E-state index in [0.717, 1.165) is 44.5 Å². The SMILES string of the molecule is CC1CC1CNC(=O)N1CCN(c2cnccn2)CC1. The molecular formula is C14H21N5O. The van der Waals surface area contributed by atoms with Crippen LogP contribution in [0.25, 0.3) is 0 Å². The van der Waals surface area contributed by atoms with Gasteiger partial charge in [0.15, 0.2) is 0 Å². The highest BCUT2D eigenvalue weighted by molar-refractivity contribution is 5.74. The maximum atomic E-state index is 12.0. The number of amides is 2. The molecule has 0 aromatic carbocycles. The summed E-state index contributed by atoms with van der Waals surface area (Å²) in [4.78, 5) is 24.5. The molecule has 2 aliphatic rings. The number of piperazine rings is 1. The maximum absolute atomic E-state index is 12.0. The Labute approximate surface area is 119 Å². The van der Waals surface area contributed by atoms with Crippen molar-refractivity contribution in [1.29, 1.82) is 0 Å². The zero-order chi connectivity index (χ0) is 13.9. The summed E-state index contributed by atoms with van der Waals surface area (Å²) in [6.07, 6.45) is 6.39. The molecule has 6 heteroatoms. The summed E-state index contributed by atoms with van der Waals surface area (Å²) in [6, 6.07) is 0.0721. The van der Waals surface area contributed by atoms with Gasteiger partial charge in [-0.25, -0.2) is 9.78 Å². The van der Waals surface area contributed by atoms with Crippen molar-refractivity contribution in [3.63, 3.8) is 0 Å². The third-order valence-electron chi connectivity index (χ3n) is 4.23. The van der Waals surface area contributed by atoms with Gasteiger partial charge >= 0.3 is 6.03 Å². The van der Waals surface area contributed by atoms with Crippen molar-refractivity contribution in [3.05, 3.63) is 18.6 Å². The van der Waals surface area contributed by atoms with Gasteiger partial charge in [0.05, 0.1) is 6.20 Å². The highest BCUT2D eigenvalue weighted by atomic mass is 16.2. The first kappa shape index (κ1) is 13.1. The Bertz CT molecular complexity index is 458. The number of aromatic nitrogens is 2. The molecule has 0 bridgehead atoms. The van der Waals surface area contributed by atoms with Gasteiger partial charge in [-0.15, -0.1) is 0 Å². The lowest BCUT2D eigenvalue weighted by atomic mass is 10.3. The van der Waals surface area contributed by atoms with E-state index in [4.69, 9.17) is 0 Å². The quantitative estimate of drug-likeness (QED) is 0.892. The van der Waals surface area contributed by atoms with Gasteiger partial charge in [0.2, 0.25) is 0 Å². The third kappa shape index (κ3) is 3.00. The van der Waals surface area contributed by atoms with Crippen LogP contribution in [0, 0.1) is 11.8 Å². The molecule has 6 nitrogen and oxygen atoms in total. The zero-order valence-corrected chi connectivity index (χ0v) is 11.8. The Morgan fingerprint density at radius 3 is 2.70 bits per heavy atom. The standard InChI is InChI=1S/C14H21N5O/c1-11-8-12(11)9-17-14(20)19-6-4-18(5-7-19)13-10-15-2-3-16-13/h2-3,10-12H,4-9H2,1H3,(H,17,20). The van der Waals surface area contributed by atoms with Crippen LogP contribution in [-0.4, -0.2) is 53.6 Å². The Balaban J connectivity index is 1.44. The molecule has 2 amide bonds. The van der Waals surface area contributed by atoms with Crippen LogP contribution in [0.1, 0.15) is 13.3 Å². The van der Waals surface area contributed by atoms with Gasteiger partial charge in [-0.3, -0.25) is 4.98 Å². The second kappa shape index (κ2) is 5.64. The molecule has 2 heterocycles. The van der Waals surface area contributed by atoms with E-state index in [1.165, 1.54) is 6.42 Å². The minimum absolute atomic E-state index is 0.0721. The van der Waals surface area contributed by atoms with Crippen molar-refractivity contribution in [1.82, 2.24) is 20.2 Å². The number of hydrogen-bond acceptors (Lipinski definition) is 4. The summed E-state index contributed by atoms with van der Waals surface area (Å²) in [6.45, 7) is 6.16. The van der Waals surface area contributed by atoms with Gasteiger partial charge in [-0.05, 0) is 18.3 Å². The number of carbonyl (C=O) groups is 1. The monoisotopic (exact) mass is 275 g/mol. The summed E-state index contributed by atoms with van der Waals surface area (Å²) in [5.41, 5.74) is 0. The number of carbonyl (C=O) groups excluding carboxylic acids is 1. The molecule has 1 saturated heterocycles. The third-order valence-corrected chi connectivity index (χ3v) is 4.23. The second-order valence-electron chi connectivity index (χ2n) is 5.70. The van der Waals surface area contributed by atoms with Crippen molar-refractivity contribution in [3.8, 4) is 0 Å². The van der Waals surface area contributed by atoms with E-state index in [1.54, 1.807) is 18.6 Å². The molecule has 1 aliphatic carbocycles. The van der Waals surface area contributed by atoms with Crippen LogP contribution in [0.15, 0.2) is 18.6 Å². The molecule has 3 rings (SSSR count). The normalized spacial score (nSPS) is 25.4. The van der Waals surface area contributed by atoms with E-state index in [0.29, 0.717) is 5.92 Å². The van der Waals surface area contributed by atoms with Gasteiger partial charge in [-0.2, -0.15) is 0 Å². The Kier molecular flexibility index (Phi) is 3.71. The molecule has 1 aliphatic heterocycles. The fourth-order valence-electron chi connectivity index (χ4n) is 2.61. The van der Waals surface area contributed by atoms with Crippen LogP contribution in [0.2, 0.25) is 0 Å². The lowest BCUT2D eigenvalue weighted by Gasteiger charge is -2.35. The van der Waals surface area contributed by atoms with E-state index in [2.05, 4.69) is 27.1 Å². The van der Waals surface area contributed by atoms with E-state index in [-0.39, 0.29) is 6.03 Å². The summed E-state index contributed by atoms with van der Waals surface area (Å²) in [7, 11) is 0. The molecule has 1 aromatic heterocycles. The number of nitrogens with one attached hydrogen (secondary N) is 1. The van der Waals surface area contributed by atoms with Crippen molar-refractivity contribution in [2.45, 2.75) is 13.3 Å². The van der Waals surface area contributed by atoms with Gasteiger partial charge < -0.3 is 15.1 Å². The number of nitrogens with zero attached hydrogens (tertiary/aromatic N) is 4. The van der Waals surface area contributed by atoms with E-state index in [1.807, 2.05) is 4.90 Å². The first-order chi connectivity index (χ1) is 9.74. The number of anilines is 1. The Morgan fingerprint density at radius 2 is 2.10 bits per heavy atom. The van der Waals surface area contributed by atoms with E-state index in [9.17, 15) is 4.79 Å². The van der Waals surface area contributed by atoms with Crippen molar-refractivity contribution < 1.29 is 4.79 Å². The average molecular weight is 275 g/mol. The van der Waals surface area contributed by atoms with Crippen LogP contribution >= 0.6 is 0 Å². The Hall–Kier alpha value is -1.85. The largest absolute Gasteiger partial charge is 0.352 e. The number of urea groups is 1. The van der Waals surface area contributed by atoms with Crippen LogP contribution < -0.4 is 10.2 Å². The predicted molar refractivity (Wildman–Crippen MR) is 76.5 cm³/mol. The number of hydrogen-bond donors (Lipinski definition) is 1. The molecule has 0 spiro atoms. The van der Waals surface area contributed by atoms with E-state index >= 15 is 0 Å². The van der Waals surface area contributed by atoms with Gasteiger partial charge in [0, 0.05) is 45.1 Å². The van der Waals surface area contributed by atoms with Gasteiger partial charge in [0.1, 0.15) is 5.82 Å².